The molecule has 0 fully saturated rings. The molecule has 9 aromatic rings. The second-order valence-electron chi connectivity index (χ2n) is 13.5. The van der Waals surface area contributed by atoms with Crippen molar-refractivity contribution in [1.29, 1.82) is 0 Å². The molecule has 238 valence electrons. The predicted molar refractivity (Wildman–Crippen MR) is 204 cm³/mol. The molecule has 4 heterocycles. The molecule has 0 N–H and O–H groups in total. The third-order valence-corrected chi connectivity index (χ3v) is 9.94. The van der Waals surface area contributed by atoms with Crippen LogP contribution in [0.4, 0.5) is 0 Å². The highest BCUT2D eigenvalue weighted by Gasteiger charge is 2.20. The molecular formula is C44H37N5. The van der Waals surface area contributed by atoms with Crippen molar-refractivity contribution in [2.75, 3.05) is 0 Å². The van der Waals surface area contributed by atoms with Crippen molar-refractivity contribution in [3.05, 3.63) is 151 Å². The van der Waals surface area contributed by atoms with Crippen molar-refractivity contribution in [3.8, 4) is 28.5 Å². The summed E-state index contributed by atoms with van der Waals surface area (Å²) in [6.45, 7) is 9.08. The summed E-state index contributed by atoms with van der Waals surface area (Å²) in [5.41, 5.74) is 11.6. The maximum Gasteiger partial charge on any atom is 0.145 e. The lowest BCUT2D eigenvalue weighted by molar-refractivity contribution is 0.806. The molecule has 0 bridgehead atoms. The molecular weight excluding hydrogens is 599 g/mol. The number of hydrogen-bond acceptors (Lipinski definition) is 2. The highest BCUT2D eigenvalue weighted by Crippen LogP contribution is 2.38. The smallest absolute Gasteiger partial charge is 0.145 e. The van der Waals surface area contributed by atoms with Gasteiger partial charge < -0.3 is 4.57 Å². The number of nitrogens with zero attached hydrogens (tertiary/aromatic N) is 5. The average Bonchev–Trinajstić information content (AvgIpc) is 3.84. The summed E-state index contributed by atoms with van der Waals surface area (Å²) in [5.74, 6) is 1.70. The Morgan fingerprint density at radius 2 is 1.12 bits per heavy atom. The van der Waals surface area contributed by atoms with Crippen LogP contribution in [-0.2, 0) is 0 Å². The van der Waals surface area contributed by atoms with E-state index in [1.807, 2.05) is 18.5 Å². The van der Waals surface area contributed by atoms with Crippen LogP contribution in [0, 0.1) is 0 Å². The van der Waals surface area contributed by atoms with E-state index in [0.717, 1.165) is 44.8 Å². The van der Waals surface area contributed by atoms with Gasteiger partial charge in [-0.15, -0.1) is 0 Å². The van der Waals surface area contributed by atoms with Crippen LogP contribution in [0.1, 0.15) is 50.7 Å². The lowest BCUT2D eigenvalue weighted by Crippen LogP contribution is -2.08. The molecule has 5 aromatic carbocycles. The van der Waals surface area contributed by atoms with E-state index < -0.39 is 0 Å². The quantitative estimate of drug-likeness (QED) is 0.182. The highest BCUT2D eigenvalue weighted by molar-refractivity contribution is 6.11. The molecule has 0 unspecified atom stereocenters. The topological polar surface area (TPSA) is 40.6 Å². The molecule has 0 saturated heterocycles. The van der Waals surface area contributed by atoms with Crippen LogP contribution >= 0.6 is 0 Å². The minimum absolute atomic E-state index is 0.381. The normalized spacial score (nSPS) is 12.0. The number of hydrogen-bond donors (Lipinski definition) is 0. The van der Waals surface area contributed by atoms with Gasteiger partial charge in [-0.1, -0.05) is 100 Å². The van der Waals surface area contributed by atoms with Crippen LogP contribution in [0.3, 0.4) is 0 Å². The molecule has 0 atom stereocenters. The van der Waals surface area contributed by atoms with Crippen molar-refractivity contribution in [3.63, 3.8) is 0 Å². The van der Waals surface area contributed by atoms with Gasteiger partial charge in [0.25, 0.3) is 0 Å². The van der Waals surface area contributed by atoms with Gasteiger partial charge in [0, 0.05) is 57.1 Å². The van der Waals surface area contributed by atoms with Gasteiger partial charge in [0.05, 0.1) is 22.2 Å². The van der Waals surface area contributed by atoms with Gasteiger partial charge in [-0.25, -0.2) is 9.97 Å². The fourth-order valence-corrected chi connectivity index (χ4v) is 7.70. The molecule has 9 rings (SSSR count). The Labute approximate surface area is 285 Å². The molecule has 5 nitrogen and oxygen atoms in total. The van der Waals surface area contributed by atoms with E-state index in [2.05, 4.69) is 163 Å². The maximum atomic E-state index is 4.96. The van der Waals surface area contributed by atoms with E-state index in [9.17, 15) is 0 Å². The average molecular weight is 636 g/mol. The Morgan fingerprint density at radius 1 is 0.490 bits per heavy atom. The summed E-state index contributed by atoms with van der Waals surface area (Å²) >= 11 is 0. The minimum Gasteiger partial charge on any atom is -0.309 e. The molecule has 0 aliphatic heterocycles. The van der Waals surface area contributed by atoms with Crippen molar-refractivity contribution in [1.82, 2.24) is 23.7 Å². The van der Waals surface area contributed by atoms with E-state index in [1.165, 1.54) is 38.5 Å². The zero-order valence-corrected chi connectivity index (χ0v) is 28.2. The van der Waals surface area contributed by atoms with Gasteiger partial charge in [0.15, 0.2) is 0 Å². The molecule has 0 saturated carbocycles. The molecule has 0 spiro atoms. The van der Waals surface area contributed by atoms with Crippen LogP contribution in [0.15, 0.2) is 140 Å². The molecule has 0 aliphatic rings. The summed E-state index contributed by atoms with van der Waals surface area (Å²) in [6.07, 6.45) is 5.92. The van der Waals surface area contributed by atoms with Gasteiger partial charge in [-0.05, 0) is 71.5 Å². The zero-order valence-electron chi connectivity index (χ0n) is 28.2. The van der Waals surface area contributed by atoms with Crippen LogP contribution in [-0.4, -0.2) is 23.7 Å². The standard InChI is InChI=1S/C44H37N5/c1-28(2)33-16-10-17-34(29(3)4)42(33)47-25-24-46-43(47)30-12-9-13-31(26-30)48-39-19-7-5-14-35(39)37-22-21-32(27-41(37)48)49-40-20-8-6-15-36(40)38-18-11-23-45-44(38)49/h5-29H,1-4H3. The summed E-state index contributed by atoms with van der Waals surface area (Å²) in [6, 6.07) is 43.8. The van der Waals surface area contributed by atoms with Gasteiger partial charge in [-0.2, -0.15) is 0 Å². The fraction of sp³-hybridized carbons (Fsp3) is 0.136. The number of fused-ring (bicyclic) bond motifs is 6. The Kier molecular flexibility index (Phi) is 6.76. The van der Waals surface area contributed by atoms with Crippen LogP contribution in [0.25, 0.3) is 72.2 Å². The number of pyridine rings is 1. The van der Waals surface area contributed by atoms with E-state index >= 15 is 0 Å². The van der Waals surface area contributed by atoms with E-state index in [4.69, 9.17) is 9.97 Å². The van der Waals surface area contributed by atoms with E-state index in [1.54, 1.807) is 0 Å². The van der Waals surface area contributed by atoms with Crippen LogP contribution < -0.4 is 0 Å². The third kappa shape index (κ3) is 4.53. The predicted octanol–water partition coefficient (Wildman–Crippen LogP) is 11.4. The van der Waals surface area contributed by atoms with Gasteiger partial charge >= 0.3 is 0 Å². The first-order valence-electron chi connectivity index (χ1n) is 17.1. The Bertz CT molecular complexity index is 2600. The van der Waals surface area contributed by atoms with Crippen molar-refractivity contribution >= 4 is 43.7 Å². The van der Waals surface area contributed by atoms with Gasteiger partial charge in [-0.3, -0.25) is 9.13 Å². The molecule has 49 heavy (non-hydrogen) atoms. The van der Waals surface area contributed by atoms with Gasteiger partial charge in [0.1, 0.15) is 11.5 Å². The first-order chi connectivity index (χ1) is 24.0. The summed E-state index contributed by atoms with van der Waals surface area (Å²) in [5, 5.41) is 4.80. The number of aromatic nitrogens is 5. The van der Waals surface area contributed by atoms with Crippen LogP contribution in [0.5, 0.6) is 0 Å². The maximum absolute atomic E-state index is 4.96. The monoisotopic (exact) mass is 635 g/mol. The molecule has 0 radical (unpaired) electrons. The fourth-order valence-electron chi connectivity index (χ4n) is 7.70. The first kappa shape index (κ1) is 29.2. The Balaban J connectivity index is 1.26. The second-order valence-corrected chi connectivity index (χ2v) is 13.5. The number of benzene rings is 5. The Morgan fingerprint density at radius 3 is 1.88 bits per heavy atom. The lowest BCUT2D eigenvalue weighted by atomic mass is 9.92. The Hall–Kier alpha value is -5.94. The SMILES string of the molecule is CC(C)c1cccc(C(C)C)c1-n1ccnc1-c1cccc(-n2c3ccccc3c3ccc(-n4c5ccccc5c5cccnc54)cc32)c1. The van der Waals surface area contributed by atoms with Crippen molar-refractivity contribution in [2.24, 2.45) is 0 Å². The highest BCUT2D eigenvalue weighted by atomic mass is 15.1. The van der Waals surface area contributed by atoms with Gasteiger partial charge in [0.2, 0.25) is 0 Å². The van der Waals surface area contributed by atoms with E-state index in [-0.39, 0.29) is 0 Å². The summed E-state index contributed by atoms with van der Waals surface area (Å²) < 4.78 is 6.98. The number of imidazole rings is 1. The number of para-hydroxylation sites is 3. The second kappa shape index (κ2) is 11.3. The largest absolute Gasteiger partial charge is 0.309 e. The third-order valence-electron chi connectivity index (χ3n) is 9.94. The van der Waals surface area contributed by atoms with Crippen molar-refractivity contribution < 1.29 is 0 Å². The molecule has 4 aromatic heterocycles. The molecule has 5 heteroatoms. The molecule has 0 aliphatic carbocycles. The minimum atomic E-state index is 0.381. The first-order valence-corrected chi connectivity index (χ1v) is 17.1. The number of rotatable bonds is 6. The summed E-state index contributed by atoms with van der Waals surface area (Å²) in [7, 11) is 0. The van der Waals surface area contributed by atoms with E-state index in [0.29, 0.717) is 11.8 Å². The van der Waals surface area contributed by atoms with Crippen molar-refractivity contribution in [2.45, 2.75) is 39.5 Å². The zero-order chi connectivity index (χ0) is 33.2. The van der Waals surface area contributed by atoms with Crippen LogP contribution in [0.2, 0.25) is 0 Å². The molecule has 0 amide bonds. The lowest BCUT2D eigenvalue weighted by Gasteiger charge is -2.22. The summed E-state index contributed by atoms with van der Waals surface area (Å²) in [4.78, 5) is 9.81.